The Kier molecular flexibility index (Phi) is 9.61. The lowest BCUT2D eigenvalue weighted by atomic mass is 9.56. The fourth-order valence-electron chi connectivity index (χ4n) is 7.49. The molecule has 0 aromatic heterocycles. The molecule has 2 fully saturated rings. The zero-order chi connectivity index (χ0) is 27.6. The number of hydrogen-bond donors (Lipinski definition) is 3. The van der Waals surface area contributed by atoms with Crippen LogP contribution in [0, 0.1) is 28.6 Å². The molecule has 0 aromatic rings. The van der Waals surface area contributed by atoms with Crippen LogP contribution in [0.4, 0.5) is 4.79 Å². The Hall–Kier alpha value is -1.38. The number of allylic oxidation sites excluding steroid dienone is 2. The molecule has 2 saturated carbocycles. The average molecular weight is 538 g/mol. The molecule has 8 heteroatoms. The van der Waals surface area contributed by atoms with Gasteiger partial charge in [0.15, 0.2) is 11.6 Å². The van der Waals surface area contributed by atoms with Crippen molar-refractivity contribution in [2.24, 2.45) is 28.6 Å². The van der Waals surface area contributed by atoms with Crippen LogP contribution < -0.4 is 5.32 Å². The monoisotopic (exact) mass is 537 g/mol. The lowest BCUT2D eigenvalue weighted by molar-refractivity contribution is -0.130. The third kappa shape index (κ3) is 6.99. The summed E-state index contributed by atoms with van der Waals surface area (Å²) in [7, 11) is 0. The van der Waals surface area contributed by atoms with Gasteiger partial charge in [-0.1, -0.05) is 13.8 Å². The summed E-state index contributed by atoms with van der Waals surface area (Å²) in [5, 5.41) is 22.7. The maximum absolute atomic E-state index is 12.9. The van der Waals surface area contributed by atoms with Gasteiger partial charge in [-0.05, 0) is 101 Å². The molecule has 7 nitrogen and oxygen atoms in total. The molecule has 5 unspecified atom stereocenters. The van der Waals surface area contributed by atoms with Crippen molar-refractivity contribution in [1.82, 2.24) is 5.32 Å². The van der Waals surface area contributed by atoms with Crippen LogP contribution in [0.25, 0.3) is 0 Å². The first-order chi connectivity index (χ1) is 17.2. The van der Waals surface area contributed by atoms with Crippen molar-refractivity contribution in [3.8, 4) is 0 Å². The fraction of sp³-hybridized carbons (Fsp3) is 0.828. The van der Waals surface area contributed by atoms with Gasteiger partial charge >= 0.3 is 6.09 Å². The zero-order valence-electron chi connectivity index (χ0n) is 23.5. The minimum atomic E-state index is -0.544. The maximum atomic E-state index is 12.9. The number of nitrogens with one attached hydrogen (secondary N) is 1. The molecule has 210 valence electrons. The molecular weight excluding hydrogens is 490 g/mol. The van der Waals surface area contributed by atoms with Gasteiger partial charge in [0.1, 0.15) is 12.2 Å². The Morgan fingerprint density at radius 3 is 2.51 bits per heavy atom. The minimum absolute atomic E-state index is 0.0530. The van der Waals surface area contributed by atoms with Gasteiger partial charge in [-0.25, -0.2) is 4.79 Å². The Morgan fingerprint density at radius 1 is 1.19 bits per heavy atom. The molecule has 0 saturated heterocycles. The second-order valence-corrected chi connectivity index (χ2v) is 14.1. The molecule has 0 aliphatic heterocycles. The number of alkyl carbamates (subject to hydrolysis) is 1. The summed E-state index contributed by atoms with van der Waals surface area (Å²) < 4.78 is 5.29. The topological polar surface area (TPSA) is 113 Å². The van der Waals surface area contributed by atoms with Crippen LogP contribution in [0.1, 0.15) is 92.9 Å². The molecule has 6 atom stereocenters. The van der Waals surface area contributed by atoms with Crippen molar-refractivity contribution in [2.75, 3.05) is 18.9 Å². The number of hydrogen-bond acceptors (Lipinski definition) is 7. The van der Waals surface area contributed by atoms with Crippen molar-refractivity contribution in [3.05, 3.63) is 10.5 Å². The lowest BCUT2D eigenvalue weighted by Crippen LogP contribution is -2.43. The van der Waals surface area contributed by atoms with Gasteiger partial charge in [0.2, 0.25) is 0 Å². The molecular formula is C29H47NO6S. The van der Waals surface area contributed by atoms with Gasteiger partial charge < -0.3 is 20.3 Å². The molecule has 0 radical (unpaired) electrons. The van der Waals surface area contributed by atoms with Crippen LogP contribution in [0.15, 0.2) is 10.5 Å². The number of aliphatic hydroxyl groups excluding tert-OH is 2. The number of rotatable bonds is 9. The number of thioether (sulfide) groups is 1. The van der Waals surface area contributed by atoms with E-state index in [0.29, 0.717) is 37.0 Å². The van der Waals surface area contributed by atoms with Gasteiger partial charge in [-0.3, -0.25) is 9.59 Å². The second kappa shape index (κ2) is 11.8. The summed E-state index contributed by atoms with van der Waals surface area (Å²) in [5.41, 5.74) is 0.340. The van der Waals surface area contributed by atoms with Crippen LogP contribution in [0.3, 0.4) is 0 Å². The largest absolute Gasteiger partial charge is 0.444 e. The molecule has 3 N–H and O–H groups in total. The van der Waals surface area contributed by atoms with E-state index in [0.717, 1.165) is 43.4 Å². The summed E-state index contributed by atoms with van der Waals surface area (Å²) in [6, 6.07) is 0. The van der Waals surface area contributed by atoms with Crippen molar-refractivity contribution >= 4 is 29.4 Å². The van der Waals surface area contributed by atoms with E-state index in [9.17, 15) is 24.6 Å². The highest BCUT2D eigenvalue weighted by Gasteiger charge is 2.54. The summed E-state index contributed by atoms with van der Waals surface area (Å²) in [6.45, 7) is 11.7. The number of ether oxygens (including phenoxy) is 1. The summed E-state index contributed by atoms with van der Waals surface area (Å²) in [6.07, 6.45) is 5.53. The van der Waals surface area contributed by atoms with E-state index in [1.54, 1.807) is 18.7 Å². The van der Waals surface area contributed by atoms with Crippen molar-refractivity contribution in [3.63, 3.8) is 0 Å². The van der Waals surface area contributed by atoms with Crippen LogP contribution in [-0.4, -0.2) is 58.5 Å². The van der Waals surface area contributed by atoms with Crippen LogP contribution in [0.5, 0.6) is 0 Å². The maximum Gasteiger partial charge on any atom is 0.407 e. The Labute approximate surface area is 226 Å². The molecule has 3 aliphatic carbocycles. The van der Waals surface area contributed by atoms with Crippen LogP contribution >= 0.6 is 11.8 Å². The third-order valence-electron chi connectivity index (χ3n) is 8.91. The molecule has 0 heterocycles. The van der Waals surface area contributed by atoms with E-state index in [2.05, 4.69) is 19.2 Å². The average Bonchev–Trinajstić information content (AvgIpc) is 3.11. The number of carbonyl (C=O) groups excluding carboxylic acids is 3. The third-order valence-corrected chi connectivity index (χ3v) is 10.1. The normalized spacial score (nSPS) is 33.2. The van der Waals surface area contributed by atoms with E-state index in [1.807, 2.05) is 20.8 Å². The van der Waals surface area contributed by atoms with Crippen molar-refractivity contribution < 1.29 is 29.3 Å². The number of aliphatic hydroxyl groups is 2. The van der Waals surface area contributed by atoms with Gasteiger partial charge in [-0.2, -0.15) is 0 Å². The van der Waals surface area contributed by atoms with Crippen molar-refractivity contribution in [2.45, 2.75) is 105 Å². The van der Waals surface area contributed by atoms with E-state index in [4.69, 9.17) is 4.74 Å². The van der Waals surface area contributed by atoms with E-state index in [1.165, 1.54) is 5.57 Å². The first-order valence-electron chi connectivity index (χ1n) is 13.9. The molecule has 3 aliphatic rings. The Bertz CT molecular complexity index is 909. The molecule has 0 spiro atoms. The number of carbonyl (C=O) groups is 3. The quantitative estimate of drug-likeness (QED) is 0.354. The Morgan fingerprint density at radius 2 is 1.89 bits per heavy atom. The second-order valence-electron chi connectivity index (χ2n) is 13.0. The Balaban J connectivity index is 1.71. The van der Waals surface area contributed by atoms with E-state index >= 15 is 0 Å². The minimum Gasteiger partial charge on any atom is -0.444 e. The number of fused-ring (bicyclic) bond motifs is 1. The lowest BCUT2D eigenvalue weighted by Gasteiger charge is -2.49. The fourth-order valence-corrected chi connectivity index (χ4v) is 8.68. The van der Waals surface area contributed by atoms with Gasteiger partial charge in [0.25, 0.3) is 0 Å². The molecule has 0 aromatic carbocycles. The number of ketones is 2. The highest BCUT2D eigenvalue weighted by atomic mass is 32.2. The highest BCUT2D eigenvalue weighted by molar-refractivity contribution is 8.04. The molecule has 1 amide bonds. The number of Topliss-reactive ketones (excluding diaryl/α,β-unsaturated/α-hetero) is 2. The first-order valence-corrected chi connectivity index (χ1v) is 14.9. The number of amides is 1. The molecule has 0 bridgehead atoms. The molecule has 3 rings (SSSR count). The van der Waals surface area contributed by atoms with Gasteiger partial charge in [-0.15, -0.1) is 11.8 Å². The standard InChI is InChI=1S/C29H47NO6S/c1-18(32)15-29(6)20(9-10-21(29)24(34)17-31)19-7-8-22-25(23(33)11-12-28(22,5)16-19)37-14-13-30-26(35)36-27(2,3)4/h18-21,31-32H,7-17H2,1-6H3,(H,30,35)/t18?,19?,20?,21-,28?,29?/m1/s1. The summed E-state index contributed by atoms with van der Waals surface area (Å²) in [5.74, 6) is 1.24. The van der Waals surface area contributed by atoms with Gasteiger partial charge in [0.05, 0.1) is 11.0 Å². The SMILES string of the molecule is CC(O)CC1(C)C(C2CCC3=C(SCCNC(=O)OC(C)(C)C)C(=O)CCC3(C)C2)CC[C@@H]1C(=O)CO. The summed E-state index contributed by atoms with van der Waals surface area (Å²) >= 11 is 1.55. The first kappa shape index (κ1) is 30.2. The van der Waals surface area contributed by atoms with E-state index in [-0.39, 0.29) is 28.3 Å². The van der Waals surface area contributed by atoms with Crippen LogP contribution in [-0.2, 0) is 14.3 Å². The smallest absolute Gasteiger partial charge is 0.407 e. The predicted molar refractivity (Wildman–Crippen MR) is 146 cm³/mol. The summed E-state index contributed by atoms with van der Waals surface area (Å²) in [4.78, 5) is 38.4. The molecule has 37 heavy (non-hydrogen) atoms. The highest BCUT2D eigenvalue weighted by Crippen LogP contribution is 2.61. The van der Waals surface area contributed by atoms with Crippen molar-refractivity contribution in [1.29, 1.82) is 0 Å². The van der Waals surface area contributed by atoms with E-state index < -0.39 is 24.4 Å². The van der Waals surface area contributed by atoms with Crippen LogP contribution in [0.2, 0.25) is 0 Å². The predicted octanol–water partition coefficient (Wildman–Crippen LogP) is 5.03. The van der Waals surface area contributed by atoms with Gasteiger partial charge in [0, 0.05) is 24.6 Å². The zero-order valence-corrected chi connectivity index (χ0v) is 24.3.